The molecule has 1 saturated heterocycles. The summed E-state index contributed by atoms with van der Waals surface area (Å²) in [5, 5.41) is -0.0600. The highest BCUT2D eigenvalue weighted by molar-refractivity contribution is 7.90. The van der Waals surface area contributed by atoms with Crippen LogP contribution in [0.4, 0.5) is 0 Å². The number of nitrogens with two attached hydrogens (primary N) is 1. The SMILES string of the molecule is C=C(C)C(=C)/N=C(\ON)N1CCC(O[C@H]2CC[C@H](Oc3cnc(S(C)(=O)=O)cn3)CC2)CC1. The van der Waals surface area contributed by atoms with Gasteiger partial charge in [-0.15, -0.1) is 0 Å². The lowest BCUT2D eigenvalue weighted by molar-refractivity contribution is -0.0630. The van der Waals surface area contributed by atoms with E-state index < -0.39 is 9.84 Å². The lowest BCUT2D eigenvalue weighted by atomic mass is 9.94. The topological polar surface area (TPSA) is 129 Å². The summed E-state index contributed by atoms with van der Waals surface area (Å²) in [6.07, 6.45) is 9.31. The Morgan fingerprint density at radius 3 is 2.18 bits per heavy atom. The second-order valence-electron chi connectivity index (χ2n) is 8.54. The fraction of sp³-hybridized carbons (Fsp3) is 0.591. The van der Waals surface area contributed by atoms with Crippen molar-refractivity contribution in [2.24, 2.45) is 10.9 Å². The van der Waals surface area contributed by atoms with Crippen LogP contribution in [0.1, 0.15) is 45.4 Å². The minimum atomic E-state index is -3.37. The van der Waals surface area contributed by atoms with Gasteiger partial charge < -0.3 is 19.2 Å². The first-order valence-electron chi connectivity index (χ1n) is 11.0. The smallest absolute Gasteiger partial charge is 0.312 e. The molecule has 3 rings (SSSR count). The van der Waals surface area contributed by atoms with E-state index in [4.69, 9.17) is 20.2 Å². The number of nitrogens with zero attached hydrogens (tertiary/aromatic N) is 4. The van der Waals surface area contributed by atoms with E-state index in [0.717, 1.165) is 63.4 Å². The number of aliphatic imine (C=N–C) groups is 1. The predicted octanol–water partition coefficient (Wildman–Crippen LogP) is 2.39. The second kappa shape index (κ2) is 11.1. The molecule has 10 nitrogen and oxygen atoms in total. The van der Waals surface area contributed by atoms with Gasteiger partial charge in [-0.1, -0.05) is 13.2 Å². The van der Waals surface area contributed by atoms with E-state index in [1.807, 2.05) is 11.8 Å². The molecule has 0 amide bonds. The van der Waals surface area contributed by atoms with Gasteiger partial charge in [0.05, 0.1) is 30.3 Å². The highest BCUT2D eigenvalue weighted by Crippen LogP contribution is 2.27. The summed E-state index contributed by atoms with van der Waals surface area (Å²) in [4.78, 5) is 19.3. The number of aromatic nitrogens is 2. The number of likely N-dealkylation sites (tertiary alicyclic amines) is 1. The zero-order chi connectivity index (χ0) is 24.0. The first kappa shape index (κ1) is 25.1. The van der Waals surface area contributed by atoms with Crippen molar-refractivity contribution in [2.45, 2.75) is 68.8 Å². The maximum atomic E-state index is 11.5. The standard InChI is InChI=1S/C22H33N5O5S/c1-15(2)16(3)26-22(32-23)27-11-9-19(10-12-27)30-17-5-7-18(8-6-17)31-20-13-25-21(14-24-20)33(4,28)29/h13-14,17-19H,1,3,5-12,23H2,2,4H3/b26-22-/t17-,18-. The molecule has 1 aromatic rings. The minimum Gasteiger partial charge on any atom is -0.473 e. The van der Waals surface area contributed by atoms with E-state index in [-0.39, 0.29) is 23.3 Å². The van der Waals surface area contributed by atoms with Crippen molar-refractivity contribution >= 4 is 15.9 Å². The molecule has 2 fully saturated rings. The third kappa shape index (κ3) is 7.24. The van der Waals surface area contributed by atoms with Crippen LogP contribution in [0.25, 0.3) is 0 Å². The van der Waals surface area contributed by atoms with Crippen LogP contribution in [0.2, 0.25) is 0 Å². The summed E-state index contributed by atoms with van der Waals surface area (Å²) in [5.41, 5.74) is 1.31. The fourth-order valence-corrected chi connectivity index (χ4v) is 4.34. The Labute approximate surface area is 195 Å². The van der Waals surface area contributed by atoms with Crippen LogP contribution in [0.5, 0.6) is 5.88 Å². The number of rotatable bonds is 7. The normalized spacial score (nSPS) is 22.6. The predicted molar refractivity (Wildman–Crippen MR) is 124 cm³/mol. The summed E-state index contributed by atoms with van der Waals surface area (Å²) in [5.74, 6) is 5.75. The van der Waals surface area contributed by atoms with Crippen LogP contribution in [-0.4, -0.2) is 67.0 Å². The number of ether oxygens (including phenoxy) is 2. The largest absolute Gasteiger partial charge is 0.473 e. The van der Waals surface area contributed by atoms with E-state index in [1.165, 1.54) is 12.4 Å². The van der Waals surface area contributed by atoms with Gasteiger partial charge in [0.1, 0.15) is 6.10 Å². The van der Waals surface area contributed by atoms with Gasteiger partial charge >= 0.3 is 6.02 Å². The number of sulfone groups is 1. The number of piperidine rings is 1. The summed E-state index contributed by atoms with van der Waals surface area (Å²) >= 11 is 0. The fourth-order valence-electron chi connectivity index (χ4n) is 3.85. The van der Waals surface area contributed by atoms with Crippen molar-refractivity contribution in [2.75, 3.05) is 19.3 Å². The molecule has 0 aromatic carbocycles. The van der Waals surface area contributed by atoms with E-state index in [0.29, 0.717) is 17.6 Å². The van der Waals surface area contributed by atoms with Gasteiger partial charge in [-0.2, -0.15) is 10.9 Å². The highest BCUT2D eigenvalue weighted by Gasteiger charge is 2.29. The van der Waals surface area contributed by atoms with Crippen LogP contribution in [0.15, 0.2) is 46.8 Å². The van der Waals surface area contributed by atoms with Crippen molar-refractivity contribution in [3.05, 3.63) is 36.8 Å². The van der Waals surface area contributed by atoms with Crippen molar-refractivity contribution in [1.82, 2.24) is 14.9 Å². The van der Waals surface area contributed by atoms with Crippen molar-refractivity contribution in [1.29, 1.82) is 0 Å². The van der Waals surface area contributed by atoms with Gasteiger partial charge in [-0.05, 0) is 51.0 Å². The molecule has 1 saturated carbocycles. The molecule has 0 bridgehead atoms. The summed E-state index contributed by atoms with van der Waals surface area (Å²) in [6.45, 7) is 11.0. The molecular formula is C22H33N5O5S. The molecule has 2 N–H and O–H groups in total. The molecule has 0 radical (unpaired) electrons. The van der Waals surface area contributed by atoms with E-state index in [9.17, 15) is 8.42 Å². The lowest BCUT2D eigenvalue weighted by Crippen LogP contribution is -2.44. The Bertz CT molecular complexity index is 963. The van der Waals surface area contributed by atoms with Gasteiger partial charge in [0, 0.05) is 19.3 Å². The van der Waals surface area contributed by atoms with Crippen LogP contribution in [0, 0.1) is 0 Å². The van der Waals surface area contributed by atoms with Crippen molar-refractivity contribution < 1.29 is 22.7 Å². The summed E-state index contributed by atoms with van der Waals surface area (Å²) < 4.78 is 35.2. The molecule has 1 aromatic heterocycles. The van der Waals surface area contributed by atoms with Crippen molar-refractivity contribution in [3.63, 3.8) is 0 Å². The third-order valence-electron chi connectivity index (χ3n) is 5.82. The van der Waals surface area contributed by atoms with Crippen LogP contribution in [-0.2, 0) is 19.4 Å². The quantitative estimate of drug-likeness (QED) is 0.271. The Kier molecular flexibility index (Phi) is 8.44. The van der Waals surface area contributed by atoms with E-state index >= 15 is 0 Å². The molecule has 2 heterocycles. The Morgan fingerprint density at radius 1 is 1.06 bits per heavy atom. The van der Waals surface area contributed by atoms with Crippen molar-refractivity contribution in [3.8, 4) is 5.88 Å². The lowest BCUT2D eigenvalue weighted by Gasteiger charge is -2.36. The average molecular weight is 480 g/mol. The first-order valence-corrected chi connectivity index (χ1v) is 12.9. The van der Waals surface area contributed by atoms with Gasteiger partial charge in [-0.25, -0.2) is 18.4 Å². The molecule has 0 spiro atoms. The molecule has 33 heavy (non-hydrogen) atoms. The first-order chi connectivity index (χ1) is 15.7. The maximum Gasteiger partial charge on any atom is 0.312 e. The summed E-state index contributed by atoms with van der Waals surface area (Å²) in [6, 6.07) is 0.353. The number of amidine groups is 1. The minimum absolute atomic E-state index is 0.0203. The zero-order valence-corrected chi connectivity index (χ0v) is 20.1. The number of allylic oxidation sites excluding steroid dienone is 1. The number of hydrogen-bond acceptors (Lipinski definition) is 9. The third-order valence-corrected chi connectivity index (χ3v) is 6.79. The molecule has 1 aliphatic carbocycles. The average Bonchev–Trinajstić information content (AvgIpc) is 2.79. The maximum absolute atomic E-state index is 11.5. The van der Waals surface area contributed by atoms with E-state index in [1.54, 1.807) is 0 Å². The second-order valence-corrected chi connectivity index (χ2v) is 10.5. The van der Waals surface area contributed by atoms with Crippen LogP contribution in [0.3, 0.4) is 0 Å². The molecule has 2 aliphatic rings. The molecule has 182 valence electrons. The Morgan fingerprint density at radius 2 is 1.67 bits per heavy atom. The molecule has 0 atom stereocenters. The van der Waals surface area contributed by atoms with Crippen LogP contribution >= 0.6 is 0 Å². The highest BCUT2D eigenvalue weighted by atomic mass is 32.2. The molecule has 11 heteroatoms. The number of hydrogen-bond donors (Lipinski definition) is 1. The summed E-state index contributed by atoms with van der Waals surface area (Å²) in [7, 11) is -3.37. The van der Waals surface area contributed by atoms with Gasteiger partial charge in [0.25, 0.3) is 0 Å². The van der Waals surface area contributed by atoms with E-state index in [2.05, 4.69) is 28.1 Å². The molecule has 1 aliphatic heterocycles. The zero-order valence-electron chi connectivity index (χ0n) is 19.3. The molecule has 0 unspecified atom stereocenters. The van der Waals surface area contributed by atoms with Gasteiger partial charge in [0.2, 0.25) is 5.88 Å². The Hall–Kier alpha value is -2.50. The van der Waals surface area contributed by atoms with Crippen LogP contribution < -0.4 is 10.6 Å². The monoisotopic (exact) mass is 479 g/mol. The molecular weight excluding hydrogens is 446 g/mol. The van der Waals surface area contributed by atoms with Gasteiger partial charge in [-0.3, -0.25) is 0 Å². The Balaban J connectivity index is 1.41. The van der Waals surface area contributed by atoms with Gasteiger partial charge in [0.15, 0.2) is 14.9 Å².